The van der Waals surface area contributed by atoms with Crippen LogP contribution in [0.2, 0.25) is 0 Å². The Morgan fingerprint density at radius 3 is 2.10 bits per heavy atom. The van der Waals surface area contributed by atoms with Gasteiger partial charge in [-0.3, -0.25) is 4.79 Å². The number of halogens is 2. The van der Waals surface area contributed by atoms with E-state index in [9.17, 15) is 9.59 Å². The van der Waals surface area contributed by atoms with Crippen LogP contribution in [0.5, 0.6) is 5.75 Å². The molecule has 1 heterocycles. The van der Waals surface area contributed by atoms with Gasteiger partial charge >= 0.3 is 11.9 Å². The van der Waals surface area contributed by atoms with Crippen molar-refractivity contribution in [3.8, 4) is 16.9 Å². The minimum absolute atomic E-state index is 0. The second kappa shape index (κ2) is 13.9. The number of nitrogens with zero attached hydrogens (tertiary/aromatic N) is 2. The summed E-state index contributed by atoms with van der Waals surface area (Å²) < 4.78 is 6.18. The Balaban J connectivity index is 0.00000202. The first kappa shape index (κ1) is 32.5. The van der Waals surface area contributed by atoms with Gasteiger partial charge in [-0.05, 0) is 117 Å². The van der Waals surface area contributed by atoms with Crippen molar-refractivity contribution in [2.75, 3.05) is 39.8 Å². The third-order valence-corrected chi connectivity index (χ3v) is 9.93. The van der Waals surface area contributed by atoms with Crippen molar-refractivity contribution in [3.05, 3.63) is 59.7 Å². The molecular formula is C34H44Cl2N2O4. The molecule has 1 aliphatic heterocycles. The fraction of sp³-hybridized carbons (Fsp3) is 0.529. The molecule has 6 nitrogen and oxygen atoms in total. The topological polar surface area (TPSA) is 70.1 Å². The van der Waals surface area contributed by atoms with Crippen molar-refractivity contribution < 1.29 is 19.4 Å². The molecule has 4 saturated carbocycles. The van der Waals surface area contributed by atoms with Gasteiger partial charge in [0, 0.05) is 44.2 Å². The average Bonchev–Trinajstić information content (AvgIpc) is 2.93. The molecule has 0 amide bonds. The molecule has 0 atom stereocenters. The smallest absolute Gasteiger partial charge is 0.328 e. The van der Waals surface area contributed by atoms with Gasteiger partial charge in [-0.2, -0.15) is 0 Å². The van der Waals surface area contributed by atoms with Crippen LogP contribution in [0, 0.1) is 17.8 Å². The zero-order valence-electron chi connectivity index (χ0n) is 24.5. The number of rotatable bonds is 9. The molecule has 1 N–H and O–H groups in total. The fourth-order valence-corrected chi connectivity index (χ4v) is 8.30. The second-order valence-electron chi connectivity index (χ2n) is 12.9. The van der Waals surface area contributed by atoms with Crippen LogP contribution in [-0.4, -0.2) is 66.6 Å². The lowest BCUT2D eigenvalue weighted by Crippen LogP contribution is -2.48. The van der Waals surface area contributed by atoms with Gasteiger partial charge in [0.15, 0.2) is 0 Å². The minimum atomic E-state index is -0.950. The Labute approximate surface area is 262 Å². The van der Waals surface area contributed by atoms with Crippen molar-refractivity contribution in [2.24, 2.45) is 17.8 Å². The number of hydrogen-bond donors (Lipinski definition) is 1. The molecule has 0 aromatic heterocycles. The number of hydrogen-bond acceptors (Lipinski definition) is 5. The fourth-order valence-electron chi connectivity index (χ4n) is 8.30. The summed E-state index contributed by atoms with van der Waals surface area (Å²) in [5, 5.41) is 8.93. The summed E-state index contributed by atoms with van der Waals surface area (Å²) in [6, 6.07) is 14.4. The summed E-state index contributed by atoms with van der Waals surface area (Å²) in [5.41, 5.74) is 4.39. The lowest BCUT2D eigenvalue weighted by atomic mass is 9.48. The Kier molecular flexibility index (Phi) is 10.8. The average molecular weight is 616 g/mol. The van der Waals surface area contributed by atoms with E-state index < -0.39 is 5.97 Å². The van der Waals surface area contributed by atoms with E-state index in [1.54, 1.807) is 6.08 Å². The zero-order valence-corrected chi connectivity index (χ0v) is 26.1. The number of ether oxygens (including phenoxy) is 1. The quantitative estimate of drug-likeness (QED) is 0.193. The largest absolute Gasteiger partial charge is 0.478 e. The molecule has 2 aromatic carbocycles. The van der Waals surface area contributed by atoms with Gasteiger partial charge in [-0.1, -0.05) is 30.3 Å². The number of benzene rings is 2. The van der Waals surface area contributed by atoms with Gasteiger partial charge in [0.1, 0.15) is 5.75 Å². The number of piperazine rings is 1. The lowest BCUT2D eigenvalue weighted by molar-refractivity contribution is -0.135. The van der Waals surface area contributed by atoms with Gasteiger partial charge in [0.2, 0.25) is 0 Å². The van der Waals surface area contributed by atoms with Gasteiger partial charge in [0.25, 0.3) is 0 Å². The normalized spacial score (nSPS) is 26.9. The highest BCUT2D eigenvalue weighted by Gasteiger charge is 2.52. The number of carboxylic acid groups (broad SMARTS) is 1. The van der Waals surface area contributed by atoms with Crippen molar-refractivity contribution >= 4 is 42.8 Å². The second-order valence-corrected chi connectivity index (χ2v) is 12.9. The van der Waals surface area contributed by atoms with E-state index in [0.29, 0.717) is 6.42 Å². The summed E-state index contributed by atoms with van der Waals surface area (Å²) in [4.78, 5) is 28.8. The first-order valence-electron chi connectivity index (χ1n) is 15.1. The van der Waals surface area contributed by atoms with Crippen molar-refractivity contribution in [1.82, 2.24) is 9.80 Å². The van der Waals surface area contributed by atoms with Gasteiger partial charge < -0.3 is 19.6 Å². The van der Waals surface area contributed by atoms with Crippen molar-refractivity contribution in [1.29, 1.82) is 0 Å². The molecule has 7 rings (SSSR count). The van der Waals surface area contributed by atoms with Crippen molar-refractivity contribution in [3.63, 3.8) is 0 Å². The molecule has 0 spiro atoms. The maximum atomic E-state index is 13.1. The maximum Gasteiger partial charge on any atom is 0.328 e. The first-order valence-corrected chi connectivity index (χ1v) is 15.1. The zero-order chi connectivity index (χ0) is 27.7. The first-order chi connectivity index (χ1) is 19.3. The molecule has 4 aliphatic carbocycles. The highest BCUT2D eigenvalue weighted by atomic mass is 35.5. The van der Waals surface area contributed by atoms with E-state index >= 15 is 0 Å². The minimum Gasteiger partial charge on any atom is -0.478 e. The Bertz CT molecular complexity index is 1240. The van der Waals surface area contributed by atoms with Gasteiger partial charge in [0.05, 0.1) is 0 Å². The molecular weight excluding hydrogens is 571 g/mol. The third kappa shape index (κ3) is 7.39. The molecule has 8 heteroatoms. The van der Waals surface area contributed by atoms with Crippen LogP contribution in [0.4, 0.5) is 0 Å². The van der Waals surface area contributed by atoms with Crippen LogP contribution in [0.25, 0.3) is 17.2 Å². The number of aliphatic carboxylic acids is 1. The standard InChI is InChI=1S/C34H42N2O4.2ClH/c1-35-13-15-36(16-14-35)12-2-3-33(39)40-31-10-9-29(28-7-4-24(5-8-28)6-11-32(37)38)20-30(31)34-21-25-17-26(22-34)19-27(18-25)23-34;;/h4-11,20,25-27H,2-3,12-19,21-23H2,1H3,(H,37,38);2*1H/b11-6+;;. The molecule has 4 bridgehead atoms. The predicted octanol–water partition coefficient (Wildman–Crippen LogP) is 6.70. The van der Waals surface area contributed by atoms with E-state index in [0.717, 1.165) is 85.4 Å². The van der Waals surface area contributed by atoms with Gasteiger partial charge in [-0.15, -0.1) is 24.8 Å². The summed E-state index contributed by atoms with van der Waals surface area (Å²) in [7, 11) is 2.16. The molecule has 0 radical (unpaired) electrons. The molecule has 5 aliphatic rings. The summed E-state index contributed by atoms with van der Waals surface area (Å²) >= 11 is 0. The van der Waals surface area contributed by atoms with E-state index in [1.807, 2.05) is 30.3 Å². The van der Waals surface area contributed by atoms with Crippen molar-refractivity contribution in [2.45, 2.75) is 56.8 Å². The predicted molar refractivity (Wildman–Crippen MR) is 172 cm³/mol. The molecule has 42 heavy (non-hydrogen) atoms. The Morgan fingerprint density at radius 2 is 1.50 bits per heavy atom. The van der Waals surface area contributed by atoms with Crippen LogP contribution in [0.3, 0.4) is 0 Å². The molecule has 1 saturated heterocycles. The molecule has 2 aromatic rings. The Hall–Kier alpha value is -2.38. The van der Waals surface area contributed by atoms with E-state index in [2.05, 4.69) is 29.0 Å². The van der Waals surface area contributed by atoms with E-state index in [4.69, 9.17) is 9.84 Å². The third-order valence-electron chi connectivity index (χ3n) is 9.93. The maximum absolute atomic E-state index is 13.1. The lowest BCUT2D eigenvalue weighted by Gasteiger charge is -2.57. The number of esters is 1. The Morgan fingerprint density at radius 1 is 0.905 bits per heavy atom. The monoisotopic (exact) mass is 614 g/mol. The van der Waals surface area contributed by atoms with Crippen LogP contribution < -0.4 is 4.74 Å². The van der Waals surface area contributed by atoms with Crippen LogP contribution in [-0.2, 0) is 15.0 Å². The van der Waals surface area contributed by atoms with Gasteiger partial charge in [-0.25, -0.2) is 4.79 Å². The summed E-state index contributed by atoms with van der Waals surface area (Å²) in [5.74, 6) is 2.07. The highest BCUT2D eigenvalue weighted by molar-refractivity contribution is 5.86. The number of carboxylic acids is 1. The summed E-state index contributed by atoms with van der Waals surface area (Å²) in [6.07, 6.45) is 11.8. The SMILES string of the molecule is CN1CCN(CCCC(=O)Oc2ccc(-c3ccc(/C=C/C(=O)O)cc3)cc2C23CC4CC(CC(C4)C2)C3)CC1.Cl.Cl. The van der Waals surface area contributed by atoms with Crippen LogP contribution in [0.1, 0.15) is 62.5 Å². The molecule has 5 fully saturated rings. The number of carbonyl (C=O) groups excluding carboxylic acids is 1. The van der Waals surface area contributed by atoms with Crippen LogP contribution >= 0.6 is 24.8 Å². The van der Waals surface area contributed by atoms with Crippen LogP contribution in [0.15, 0.2) is 48.5 Å². The molecule has 0 unspecified atom stereocenters. The highest BCUT2D eigenvalue weighted by Crippen LogP contribution is 2.62. The van der Waals surface area contributed by atoms with E-state index in [-0.39, 0.29) is 36.2 Å². The molecule has 228 valence electrons. The number of likely N-dealkylation sites (N-methyl/N-ethyl adjacent to an activating group) is 1. The number of carbonyl (C=O) groups is 2. The summed E-state index contributed by atoms with van der Waals surface area (Å²) in [6.45, 7) is 5.27. The van der Waals surface area contributed by atoms with E-state index in [1.165, 1.54) is 44.1 Å².